The van der Waals surface area contributed by atoms with Gasteiger partial charge in [-0.1, -0.05) is 53.1 Å². The molecule has 0 aliphatic carbocycles. The number of hydrogen-bond acceptors (Lipinski definition) is 5. The highest BCUT2D eigenvalue weighted by atomic mass is 35.5. The number of nitrogens with zero attached hydrogens (tertiary/aromatic N) is 1. The number of urea groups is 1. The van der Waals surface area contributed by atoms with Gasteiger partial charge in [-0.3, -0.25) is 14.9 Å². The number of imide groups is 2. The molecule has 4 amide bonds. The molecule has 0 spiro atoms. The average molecular weight is 505 g/mol. The van der Waals surface area contributed by atoms with Crippen molar-refractivity contribution in [2.75, 3.05) is 12.0 Å². The summed E-state index contributed by atoms with van der Waals surface area (Å²) in [6.45, 7) is 6.16. The fourth-order valence-corrected chi connectivity index (χ4v) is 4.37. The Morgan fingerprint density at radius 2 is 1.67 bits per heavy atom. The highest BCUT2D eigenvalue weighted by Gasteiger charge is 2.36. The van der Waals surface area contributed by atoms with Crippen LogP contribution in [0.5, 0.6) is 11.5 Å². The molecule has 0 aromatic heterocycles. The van der Waals surface area contributed by atoms with Gasteiger partial charge in [-0.15, -0.1) is 0 Å². The molecule has 7 nitrogen and oxygen atoms in total. The van der Waals surface area contributed by atoms with Crippen LogP contribution in [0.2, 0.25) is 5.02 Å². The van der Waals surface area contributed by atoms with Crippen molar-refractivity contribution < 1.29 is 23.9 Å². The summed E-state index contributed by atoms with van der Waals surface area (Å²) in [5.74, 6) is -0.843. The maximum atomic E-state index is 13.2. The Balaban J connectivity index is 1.64. The molecule has 3 aromatic carbocycles. The minimum absolute atomic E-state index is 0.210. The predicted octanol–water partition coefficient (Wildman–Crippen LogP) is 5.52. The maximum absolute atomic E-state index is 13.2. The summed E-state index contributed by atoms with van der Waals surface area (Å²) >= 11 is 6.51. The van der Waals surface area contributed by atoms with E-state index in [1.54, 1.807) is 30.3 Å². The summed E-state index contributed by atoms with van der Waals surface area (Å²) in [4.78, 5) is 39.1. The van der Waals surface area contributed by atoms with E-state index >= 15 is 0 Å². The molecule has 1 N–H and O–H groups in total. The Morgan fingerprint density at radius 1 is 0.944 bits per heavy atom. The van der Waals surface area contributed by atoms with E-state index in [9.17, 15) is 14.4 Å². The van der Waals surface area contributed by atoms with Gasteiger partial charge in [0.05, 0.1) is 17.8 Å². The van der Waals surface area contributed by atoms with Gasteiger partial charge in [-0.2, -0.15) is 0 Å². The zero-order chi connectivity index (χ0) is 26.0. The lowest BCUT2D eigenvalue weighted by molar-refractivity contribution is -0.122. The summed E-state index contributed by atoms with van der Waals surface area (Å²) in [5, 5.41) is 2.47. The van der Waals surface area contributed by atoms with Crippen LogP contribution in [0.25, 0.3) is 6.08 Å². The van der Waals surface area contributed by atoms with Gasteiger partial charge in [0.25, 0.3) is 11.8 Å². The third-order valence-electron chi connectivity index (χ3n) is 5.59. The van der Waals surface area contributed by atoms with Crippen molar-refractivity contribution in [1.29, 1.82) is 0 Å². The summed E-state index contributed by atoms with van der Waals surface area (Å²) in [6.07, 6.45) is 1.37. The van der Waals surface area contributed by atoms with E-state index in [2.05, 4.69) is 11.4 Å². The first kappa shape index (κ1) is 25.0. The number of amides is 4. The second kappa shape index (κ2) is 10.3. The highest BCUT2D eigenvalue weighted by molar-refractivity contribution is 6.39. The van der Waals surface area contributed by atoms with Gasteiger partial charge in [-0.05, 0) is 67.8 Å². The summed E-state index contributed by atoms with van der Waals surface area (Å²) in [6, 6.07) is 15.4. The summed E-state index contributed by atoms with van der Waals surface area (Å²) in [5.41, 5.74) is 4.70. The standard InChI is InChI=1S/C28H25ClN2O5/c1-16-6-5-7-21(11-16)31-27(33)22(26(32)30-28(31)34)12-19-13-23(29)25(24(14-19)35-4)36-15-20-9-17(2)8-18(3)10-20/h5-14H,15H2,1-4H3,(H,30,32,34)/b22-12+. The third-order valence-corrected chi connectivity index (χ3v) is 5.87. The lowest BCUT2D eigenvalue weighted by atomic mass is 10.1. The van der Waals surface area contributed by atoms with Crippen molar-refractivity contribution in [3.8, 4) is 11.5 Å². The van der Waals surface area contributed by atoms with Gasteiger partial charge in [0.1, 0.15) is 12.2 Å². The lowest BCUT2D eigenvalue weighted by Gasteiger charge is -2.26. The van der Waals surface area contributed by atoms with E-state index in [4.69, 9.17) is 21.1 Å². The minimum atomic E-state index is -0.807. The third kappa shape index (κ3) is 5.26. The Kier molecular flexibility index (Phi) is 7.12. The quantitative estimate of drug-likeness (QED) is 0.353. The van der Waals surface area contributed by atoms with Crippen LogP contribution in [0.4, 0.5) is 10.5 Å². The molecule has 0 unspecified atom stereocenters. The number of halogens is 1. The van der Waals surface area contributed by atoms with Crippen LogP contribution in [0.15, 0.2) is 60.2 Å². The molecule has 4 rings (SSSR count). The molecule has 36 heavy (non-hydrogen) atoms. The van der Waals surface area contributed by atoms with Crippen molar-refractivity contribution in [2.45, 2.75) is 27.4 Å². The zero-order valence-electron chi connectivity index (χ0n) is 20.3. The smallest absolute Gasteiger partial charge is 0.335 e. The number of carbonyl (C=O) groups is 3. The number of carbonyl (C=O) groups excluding carboxylic acids is 3. The number of barbiturate groups is 1. The van der Waals surface area contributed by atoms with E-state index in [0.717, 1.165) is 27.2 Å². The Hall–Kier alpha value is -4.10. The second-order valence-corrected chi connectivity index (χ2v) is 9.02. The fraction of sp³-hybridized carbons (Fsp3) is 0.179. The van der Waals surface area contributed by atoms with Crippen LogP contribution >= 0.6 is 11.6 Å². The normalized spacial score (nSPS) is 14.8. The van der Waals surface area contributed by atoms with E-state index in [1.165, 1.54) is 13.2 Å². The zero-order valence-corrected chi connectivity index (χ0v) is 21.1. The van der Waals surface area contributed by atoms with Gasteiger partial charge >= 0.3 is 6.03 Å². The Bertz CT molecular complexity index is 1390. The minimum Gasteiger partial charge on any atom is -0.493 e. The van der Waals surface area contributed by atoms with Crippen LogP contribution in [-0.4, -0.2) is 25.0 Å². The van der Waals surface area contributed by atoms with Gasteiger partial charge in [0, 0.05) is 0 Å². The van der Waals surface area contributed by atoms with Crippen LogP contribution in [0.1, 0.15) is 27.8 Å². The van der Waals surface area contributed by atoms with Crippen molar-refractivity contribution >= 4 is 41.2 Å². The molecule has 1 aliphatic heterocycles. The number of aryl methyl sites for hydroxylation is 3. The summed E-state index contributed by atoms with van der Waals surface area (Å²) in [7, 11) is 1.48. The predicted molar refractivity (Wildman–Crippen MR) is 138 cm³/mol. The number of anilines is 1. The molecule has 1 heterocycles. The molecule has 1 fully saturated rings. The molecular formula is C28H25ClN2O5. The molecule has 184 valence electrons. The van der Waals surface area contributed by atoms with Crippen molar-refractivity contribution in [2.24, 2.45) is 0 Å². The number of ether oxygens (including phenoxy) is 2. The van der Waals surface area contributed by atoms with Gasteiger partial charge in [-0.25, -0.2) is 9.69 Å². The largest absolute Gasteiger partial charge is 0.493 e. The highest BCUT2D eigenvalue weighted by Crippen LogP contribution is 2.38. The summed E-state index contributed by atoms with van der Waals surface area (Å²) < 4.78 is 11.4. The fourth-order valence-electron chi connectivity index (χ4n) is 4.10. The molecule has 3 aromatic rings. The second-order valence-electron chi connectivity index (χ2n) is 8.62. The molecule has 1 saturated heterocycles. The van der Waals surface area contributed by atoms with Gasteiger partial charge < -0.3 is 9.47 Å². The molecule has 1 aliphatic rings. The van der Waals surface area contributed by atoms with Crippen LogP contribution < -0.4 is 19.7 Å². The van der Waals surface area contributed by atoms with Crippen molar-refractivity contribution in [3.05, 3.63) is 93.0 Å². The van der Waals surface area contributed by atoms with E-state index in [-0.39, 0.29) is 17.2 Å². The van der Waals surface area contributed by atoms with Crippen LogP contribution in [0, 0.1) is 20.8 Å². The van der Waals surface area contributed by atoms with E-state index in [1.807, 2.05) is 39.0 Å². The first-order chi connectivity index (χ1) is 17.2. The molecule has 0 radical (unpaired) electrons. The molecule has 8 heteroatoms. The van der Waals surface area contributed by atoms with Crippen LogP contribution in [-0.2, 0) is 16.2 Å². The molecule has 0 saturated carbocycles. The lowest BCUT2D eigenvalue weighted by Crippen LogP contribution is -2.54. The first-order valence-electron chi connectivity index (χ1n) is 11.2. The number of hydrogen-bond donors (Lipinski definition) is 1. The first-order valence-corrected chi connectivity index (χ1v) is 11.6. The number of rotatable bonds is 6. The monoisotopic (exact) mass is 504 g/mol. The van der Waals surface area contributed by atoms with Crippen molar-refractivity contribution in [3.63, 3.8) is 0 Å². The van der Waals surface area contributed by atoms with Gasteiger partial charge in [0.15, 0.2) is 11.5 Å². The van der Waals surface area contributed by atoms with Crippen LogP contribution in [0.3, 0.4) is 0 Å². The maximum Gasteiger partial charge on any atom is 0.335 e. The van der Waals surface area contributed by atoms with E-state index < -0.39 is 17.8 Å². The number of methoxy groups -OCH3 is 1. The SMILES string of the molecule is COc1cc(/C=C2\C(=O)NC(=O)N(c3cccc(C)c3)C2=O)cc(Cl)c1OCc1cc(C)cc(C)c1. The topological polar surface area (TPSA) is 84.9 Å². The van der Waals surface area contributed by atoms with E-state index in [0.29, 0.717) is 22.7 Å². The van der Waals surface area contributed by atoms with Gasteiger partial charge in [0.2, 0.25) is 0 Å². The Labute approximate surface area is 214 Å². The number of nitrogens with one attached hydrogen (secondary N) is 1. The average Bonchev–Trinajstić information content (AvgIpc) is 2.80. The molecular weight excluding hydrogens is 480 g/mol. The molecule has 0 bridgehead atoms. The Morgan fingerprint density at radius 3 is 2.33 bits per heavy atom. The van der Waals surface area contributed by atoms with Crippen molar-refractivity contribution in [1.82, 2.24) is 5.32 Å². The molecule has 0 atom stereocenters. The number of benzene rings is 3.